The summed E-state index contributed by atoms with van der Waals surface area (Å²) in [5.74, 6) is 0.787. The van der Waals surface area contributed by atoms with Crippen LogP contribution in [0.5, 0.6) is 11.5 Å². The van der Waals surface area contributed by atoms with Crippen molar-refractivity contribution in [3.8, 4) is 11.5 Å². The molecule has 1 aromatic carbocycles. The van der Waals surface area contributed by atoms with E-state index in [1.165, 1.54) is 19.1 Å². The third kappa shape index (κ3) is 4.26. The first kappa shape index (κ1) is 19.3. The predicted molar refractivity (Wildman–Crippen MR) is 99.1 cm³/mol. The van der Waals surface area contributed by atoms with E-state index < -0.39 is 9.84 Å². The maximum Gasteiger partial charge on any atom is 0.325 e. The number of benzene rings is 1. The van der Waals surface area contributed by atoms with Crippen LogP contribution in [0.4, 0.5) is 10.5 Å². The average molecular weight is 397 g/mol. The highest BCUT2D eigenvalue weighted by molar-refractivity contribution is 7.91. The normalized spacial score (nSPS) is 21.4. The molecule has 2 aliphatic rings. The summed E-state index contributed by atoms with van der Waals surface area (Å²) in [6.45, 7) is 0.752. The number of amides is 3. The number of nitrogens with zero attached hydrogens (tertiary/aromatic N) is 2. The Morgan fingerprint density at radius 1 is 1.22 bits per heavy atom. The van der Waals surface area contributed by atoms with Gasteiger partial charge in [0.2, 0.25) is 5.91 Å². The first-order chi connectivity index (χ1) is 12.8. The van der Waals surface area contributed by atoms with Crippen molar-refractivity contribution >= 4 is 27.5 Å². The first-order valence-corrected chi connectivity index (χ1v) is 10.4. The number of hydrogen-bond acceptors (Lipinski definition) is 6. The Kier molecular flexibility index (Phi) is 5.45. The Bertz CT molecular complexity index is 841. The average Bonchev–Trinajstić information content (AvgIpc) is 3.16. The van der Waals surface area contributed by atoms with Crippen molar-refractivity contribution in [3.05, 3.63) is 18.2 Å². The third-order valence-corrected chi connectivity index (χ3v) is 6.47. The molecular formula is C17H23N3O6S. The van der Waals surface area contributed by atoms with E-state index in [0.29, 0.717) is 36.7 Å². The lowest BCUT2D eigenvalue weighted by Gasteiger charge is -2.20. The minimum absolute atomic E-state index is 0.0372. The lowest BCUT2D eigenvalue weighted by atomic mass is 10.2. The fourth-order valence-corrected chi connectivity index (χ4v) is 4.99. The summed E-state index contributed by atoms with van der Waals surface area (Å²) in [7, 11) is -0.00462. The largest absolute Gasteiger partial charge is 0.493 e. The van der Waals surface area contributed by atoms with E-state index in [-0.39, 0.29) is 36.0 Å². The minimum Gasteiger partial charge on any atom is -0.493 e. The number of rotatable bonds is 6. The van der Waals surface area contributed by atoms with Crippen molar-refractivity contribution in [2.75, 3.05) is 50.3 Å². The Morgan fingerprint density at radius 2 is 1.96 bits per heavy atom. The molecule has 2 heterocycles. The van der Waals surface area contributed by atoms with Crippen molar-refractivity contribution in [2.24, 2.45) is 0 Å². The summed E-state index contributed by atoms with van der Waals surface area (Å²) < 4.78 is 33.4. The number of hydrogen-bond donors (Lipinski definition) is 1. The monoisotopic (exact) mass is 397 g/mol. The molecule has 148 valence electrons. The molecule has 0 radical (unpaired) electrons. The molecule has 10 heteroatoms. The van der Waals surface area contributed by atoms with E-state index in [9.17, 15) is 18.0 Å². The maximum absolute atomic E-state index is 12.6. The lowest BCUT2D eigenvalue weighted by Crippen LogP contribution is -2.44. The van der Waals surface area contributed by atoms with Crippen LogP contribution in [0.1, 0.15) is 6.42 Å². The van der Waals surface area contributed by atoms with Crippen LogP contribution >= 0.6 is 0 Å². The number of anilines is 1. The van der Waals surface area contributed by atoms with Gasteiger partial charge in [-0.1, -0.05) is 0 Å². The number of carbonyl (C=O) groups excluding carboxylic acids is 2. The SMILES string of the molecule is COc1ccc(N2CCN(CC(=O)NC3CCS(=O)(=O)C3)C2=O)cc1OC. The Balaban J connectivity index is 1.61. The zero-order valence-corrected chi connectivity index (χ0v) is 16.1. The van der Waals surface area contributed by atoms with Crippen LogP contribution in [-0.2, 0) is 14.6 Å². The van der Waals surface area contributed by atoms with Crippen LogP contribution in [0.3, 0.4) is 0 Å². The van der Waals surface area contributed by atoms with E-state index in [1.807, 2.05) is 0 Å². The van der Waals surface area contributed by atoms with Crippen molar-refractivity contribution in [3.63, 3.8) is 0 Å². The predicted octanol–water partition coefficient (Wildman–Crippen LogP) is 0.249. The second-order valence-electron chi connectivity index (χ2n) is 6.56. The van der Waals surface area contributed by atoms with Gasteiger partial charge in [0.05, 0.1) is 25.7 Å². The van der Waals surface area contributed by atoms with Gasteiger partial charge in [0.1, 0.15) is 6.54 Å². The van der Waals surface area contributed by atoms with Gasteiger partial charge in [0.15, 0.2) is 21.3 Å². The molecule has 1 unspecified atom stereocenters. The standard InChI is InChI=1S/C17H23N3O6S/c1-25-14-4-3-13(9-15(14)26-2)20-7-6-19(17(20)22)10-16(21)18-12-5-8-27(23,24)11-12/h3-4,9,12H,5-8,10-11H2,1-2H3,(H,18,21). The van der Waals surface area contributed by atoms with Crippen LogP contribution in [-0.4, -0.2) is 76.7 Å². The van der Waals surface area contributed by atoms with Crippen LogP contribution in [0.2, 0.25) is 0 Å². The van der Waals surface area contributed by atoms with E-state index in [4.69, 9.17) is 9.47 Å². The lowest BCUT2D eigenvalue weighted by molar-refractivity contribution is -0.122. The number of methoxy groups -OCH3 is 2. The van der Waals surface area contributed by atoms with E-state index in [1.54, 1.807) is 23.1 Å². The van der Waals surface area contributed by atoms with E-state index in [0.717, 1.165) is 0 Å². The van der Waals surface area contributed by atoms with Gasteiger partial charge in [-0.25, -0.2) is 13.2 Å². The van der Waals surface area contributed by atoms with Gasteiger partial charge in [-0.3, -0.25) is 9.69 Å². The van der Waals surface area contributed by atoms with Gasteiger partial charge >= 0.3 is 6.03 Å². The Hall–Kier alpha value is -2.49. The molecule has 27 heavy (non-hydrogen) atoms. The number of ether oxygens (including phenoxy) is 2. The molecule has 0 aromatic heterocycles. The van der Waals surface area contributed by atoms with Gasteiger partial charge in [0.25, 0.3) is 0 Å². The molecule has 1 atom stereocenters. The van der Waals surface area contributed by atoms with Gasteiger partial charge in [0, 0.05) is 30.9 Å². The van der Waals surface area contributed by atoms with Crippen molar-refractivity contribution in [2.45, 2.75) is 12.5 Å². The van der Waals surface area contributed by atoms with Crippen LogP contribution in [0.15, 0.2) is 18.2 Å². The number of carbonyl (C=O) groups is 2. The first-order valence-electron chi connectivity index (χ1n) is 8.61. The van der Waals surface area contributed by atoms with Gasteiger partial charge < -0.3 is 19.7 Å². The summed E-state index contributed by atoms with van der Waals surface area (Å²) in [5.41, 5.74) is 0.655. The maximum atomic E-state index is 12.6. The second-order valence-corrected chi connectivity index (χ2v) is 8.79. The number of sulfone groups is 1. The van der Waals surface area contributed by atoms with Crippen molar-refractivity contribution in [1.82, 2.24) is 10.2 Å². The summed E-state index contributed by atoms with van der Waals surface area (Å²) in [6.07, 6.45) is 0.416. The number of nitrogens with one attached hydrogen (secondary N) is 1. The molecule has 0 spiro atoms. The quantitative estimate of drug-likeness (QED) is 0.738. The highest BCUT2D eigenvalue weighted by Crippen LogP contribution is 2.32. The van der Waals surface area contributed by atoms with Crippen LogP contribution in [0, 0.1) is 0 Å². The van der Waals surface area contributed by atoms with Crippen molar-refractivity contribution < 1.29 is 27.5 Å². The van der Waals surface area contributed by atoms with Crippen LogP contribution < -0.4 is 19.7 Å². The molecule has 3 amide bonds. The van der Waals surface area contributed by atoms with Crippen LogP contribution in [0.25, 0.3) is 0 Å². The zero-order chi connectivity index (χ0) is 19.6. The molecule has 2 aliphatic heterocycles. The molecule has 2 saturated heterocycles. The summed E-state index contributed by atoms with van der Waals surface area (Å²) >= 11 is 0. The highest BCUT2D eigenvalue weighted by atomic mass is 32.2. The molecule has 9 nitrogen and oxygen atoms in total. The summed E-state index contributed by atoms with van der Waals surface area (Å²) in [5, 5.41) is 2.70. The van der Waals surface area contributed by atoms with E-state index >= 15 is 0 Å². The molecular weight excluding hydrogens is 374 g/mol. The van der Waals surface area contributed by atoms with E-state index in [2.05, 4.69) is 5.32 Å². The minimum atomic E-state index is -3.06. The summed E-state index contributed by atoms with van der Waals surface area (Å²) in [6, 6.07) is 4.53. The highest BCUT2D eigenvalue weighted by Gasteiger charge is 2.33. The van der Waals surface area contributed by atoms with Gasteiger partial charge in [-0.05, 0) is 18.6 Å². The smallest absolute Gasteiger partial charge is 0.325 e. The number of urea groups is 1. The summed E-state index contributed by atoms with van der Waals surface area (Å²) in [4.78, 5) is 27.8. The van der Waals surface area contributed by atoms with Crippen molar-refractivity contribution in [1.29, 1.82) is 0 Å². The molecule has 2 fully saturated rings. The molecule has 0 aliphatic carbocycles. The molecule has 1 N–H and O–H groups in total. The molecule has 3 rings (SSSR count). The fraction of sp³-hybridized carbons (Fsp3) is 0.529. The van der Waals surface area contributed by atoms with Gasteiger partial charge in [-0.2, -0.15) is 0 Å². The molecule has 1 aromatic rings. The zero-order valence-electron chi connectivity index (χ0n) is 15.3. The third-order valence-electron chi connectivity index (χ3n) is 4.71. The Labute approximate surface area is 158 Å². The Morgan fingerprint density at radius 3 is 2.59 bits per heavy atom. The molecule has 0 saturated carbocycles. The topological polar surface area (TPSA) is 105 Å². The molecule has 0 bridgehead atoms. The second kappa shape index (κ2) is 7.63. The fourth-order valence-electron chi connectivity index (χ4n) is 3.32. The van der Waals surface area contributed by atoms with Gasteiger partial charge in [-0.15, -0.1) is 0 Å².